The summed E-state index contributed by atoms with van der Waals surface area (Å²) in [5, 5.41) is 0. The van der Waals surface area contributed by atoms with Crippen molar-refractivity contribution in [3.05, 3.63) is 53.1 Å². The van der Waals surface area contributed by atoms with Gasteiger partial charge in [-0.2, -0.15) is 0 Å². The molecule has 0 aliphatic carbocycles. The molecule has 2 aliphatic rings. The molecule has 1 atom stereocenters. The molecule has 164 valence electrons. The van der Waals surface area contributed by atoms with Gasteiger partial charge in [-0.3, -0.25) is 9.59 Å². The zero-order chi connectivity index (χ0) is 21.8. The van der Waals surface area contributed by atoms with Crippen LogP contribution in [-0.2, 0) is 11.2 Å². The van der Waals surface area contributed by atoms with E-state index < -0.39 is 0 Å². The third-order valence-electron chi connectivity index (χ3n) is 6.33. The molecule has 1 unspecified atom stereocenters. The Morgan fingerprint density at radius 1 is 1.13 bits per heavy atom. The maximum absolute atomic E-state index is 12.7. The molecule has 0 radical (unpaired) electrons. The molecule has 2 aliphatic heterocycles. The third kappa shape index (κ3) is 4.70. The SMILES string of the molecule is COc1ccccc1CCC(=O)N1CCC(c2ncc(C(=O)N3CCCC3)c(C)n2)C1. The number of hydrogen-bond donors (Lipinski definition) is 0. The van der Waals surface area contributed by atoms with Gasteiger partial charge in [0.2, 0.25) is 5.91 Å². The van der Waals surface area contributed by atoms with E-state index in [1.807, 2.05) is 41.0 Å². The lowest BCUT2D eigenvalue weighted by atomic mass is 10.1. The number of carbonyl (C=O) groups is 2. The second kappa shape index (κ2) is 9.45. The summed E-state index contributed by atoms with van der Waals surface area (Å²) in [6, 6.07) is 7.82. The van der Waals surface area contributed by atoms with Gasteiger partial charge in [0.1, 0.15) is 11.6 Å². The van der Waals surface area contributed by atoms with E-state index in [-0.39, 0.29) is 17.7 Å². The van der Waals surface area contributed by atoms with Crippen molar-refractivity contribution in [3.8, 4) is 5.75 Å². The molecule has 3 heterocycles. The summed E-state index contributed by atoms with van der Waals surface area (Å²) in [6.07, 6.45) is 5.76. The van der Waals surface area contributed by atoms with Gasteiger partial charge in [0, 0.05) is 44.7 Å². The molecule has 7 nitrogen and oxygen atoms in total. The Kier molecular flexibility index (Phi) is 6.49. The first-order valence-electron chi connectivity index (χ1n) is 11.1. The molecule has 2 saturated heterocycles. The van der Waals surface area contributed by atoms with Crippen LogP contribution < -0.4 is 4.74 Å². The van der Waals surface area contributed by atoms with E-state index in [1.54, 1.807) is 13.3 Å². The highest BCUT2D eigenvalue weighted by atomic mass is 16.5. The van der Waals surface area contributed by atoms with Crippen LogP contribution in [0.4, 0.5) is 0 Å². The van der Waals surface area contributed by atoms with Crippen LogP contribution in [0.3, 0.4) is 0 Å². The smallest absolute Gasteiger partial charge is 0.257 e. The highest BCUT2D eigenvalue weighted by molar-refractivity contribution is 5.95. The van der Waals surface area contributed by atoms with Gasteiger partial charge >= 0.3 is 0 Å². The average molecular weight is 423 g/mol. The Balaban J connectivity index is 1.35. The Labute approximate surface area is 183 Å². The summed E-state index contributed by atoms with van der Waals surface area (Å²) >= 11 is 0. The van der Waals surface area contributed by atoms with Gasteiger partial charge in [-0.1, -0.05) is 18.2 Å². The number of rotatable bonds is 6. The van der Waals surface area contributed by atoms with Crippen molar-refractivity contribution in [1.82, 2.24) is 19.8 Å². The van der Waals surface area contributed by atoms with Crippen molar-refractivity contribution in [2.75, 3.05) is 33.3 Å². The summed E-state index contributed by atoms with van der Waals surface area (Å²) in [5.41, 5.74) is 2.36. The lowest BCUT2D eigenvalue weighted by molar-refractivity contribution is -0.130. The molecule has 0 saturated carbocycles. The van der Waals surface area contributed by atoms with E-state index in [0.717, 1.165) is 55.2 Å². The van der Waals surface area contributed by atoms with E-state index in [0.29, 0.717) is 31.5 Å². The zero-order valence-corrected chi connectivity index (χ0v) is 18.3. The van der Waals surface area contributed by atoms with E-state index in [1.165, 1.54) is 0 Å². The molecule has 0 bridgehead atoms. The molecule has 1 aromatic heterocycles. The minimum atomic E-state index is 0.0288. The second-order valence-electron chi connectivity index (χ2n) is 8.36. The minimum absolute atomic E-state index is 0.0288. The molecular weight excluding hydrogens is 392 g/mol. The lowest BCUT2D eigenvalue weighted by Gasteiger charge is -2.18. The van der Waals surface area contributed by atoms with Gasteiger partial charge < -0.3 is 14.5 Å². The summed E-state index contributed by atoms with van der Waals surface area (Å²) in [5.74, 6) is 1.84. The third-order valence-corrected chi connectivity index (χ3v) is 6.33. The molecule has 4 rings (SSSR count). The maximum atomic E-state index is 12.7. The number of para-hydroxylation sites is 1. The van der Waals surface area contributed by atoms with Crippen LogP contribution in [0.25, 0.3) is 0 Å². The summed E-state index contributed by atoms with van der Waals surface area (Å²) in [7, 11) is 1.65. The van der Waals surface area contributed by atoms with Gasteiger partial charge in [-0.25, -0.2) is 9.97 Å². The largest absolute Gasteiger partial charge is 0.496 e. The molecule has 31 heavy (non-hydrogen) atoms. The average Bonchev–Trinajstić information content (AvgIpc) is 3.50. The van der Waals surface area contributed by atoms with E-state index >= 15 is 0 Å². The highest BCUT2D eigenvalue weighted by Gasteiger charge is 2.30. The van der Waals surface area contributed by atoms with Crippen molar-refractivity contribution in [1.29, 1.82) is 0 Å². The molecule has 0 N–H and O–H groups in total. The number of aryl methyl sites for hydroxylation is 2. The van der Waals surface area contributed by atoms with Crippen molar-refractivity contribution < 1.29 is 14.3 Å². The van der Waals surface area contributed by atoms with Crippen LogP contribution in [0.2, 0.25) is 0 Å². The van der Waals surface area contributed by atoms with Crippen molar-refractivity contribution in [2.24, 2.45) is 0 Å². The Hall–Kier alpha value is -2.96. The summed E-state index contributed by atoms with van der Waals surface area (Å²) in [6.45, 7) is 4.85. The number of ether oxygens (including phenoxy) is 1. The van der Waals surface area contributed by atoms with Crippen LogP contribution in [0.5, 0.6) is 5.75 Å². The molecule has 1 aromatic carbocycles. The second-order valence-corrected chi connectivity index (χ2v) is 8.36. The fourth-order valence-electron chi connectivity index (χ4n) is 4.49. The molecular formula is C24H30N4O3. The van der Waals surface area contributed by atoms with Gasteiger partial charge in [-0.15, -0.1) is 0 Å². The molecule has 2 fully saturated rings. The van der Waals surface area contributed by atoms with Gasteiger partial charge in [0.15, 0.2) is 0 Å². The van der Waals surface area contributed by atoms with Crippen LogP contribution in [0.15, 0.2) is 30.5 Å². The fraction of sp³-hybridized carbons (Fsp3) is 0.500. The van der Waals surface area contributed by atoms with Crippen molar-refractivity contribution >= 4 is 11.8 Å². The number of amides is 2. The number of benzene rings is 1. The number of likely N-dealkylation sites (tertiary alicyclic amines) is 2. The van der Waals surface area contributed by atoms with Crippen molar-refractivity contribution in [2.45, 2.75) is 44.9 Å². The minimum Gasteiger partial charge on any atom is -0.496 e. The van der Waals surface area contributed by atoms with Gasteiger partial charge in [-0.05, 0) is 44.2 Å². The van der Waals surface area contributed by atoms with E-state index in [4.69, 9.17) is 4.74 Å². The van der Waals surface area contributed by atoms with Gasteiger partial charge in [0.05, 0.1) is 18.4 Å². The monoisotopic (exact) mass is 422 g/mol. The molecule has 0 spiro atoms. The number of carbonyl (C=O) groups excluding carboxylic acids is 2. The standard InChI is InChI=1S/C24H30N4O3/c1-17-20(24(30)27-12-5-6-13-27)15-25-23(26-17)19-11-14-28(16-19)22(29)10-9-18-7-3-4-8-21(18)31-2/h3-4,7-8,15,19H,5-6,9-14,16H2,1-2H3. The number of aromatic nitrogens is 2. The number of methoxy groups -OCH3 is 1. The molecule has 2 amide bonds. The summed E-state index contributed by atoms with van der Waals surface area (Å²) < 4.78 is 5.38. The lowest BCUT2D eigenvalue weighted by Crippen LogP contribution is -2.29. The fourth-order valence-corrected chi connectivity index (χ4v) is 4.49. The van der Waals surface area contributed by atoms with E-state index in [9.17, 15) is 9.59 Å². The number of nitrogens with zero attached hydrogens (tertiary/aromatic N) is 4. The first-order chi connectivity index (χ1) is 15.1. The van der Waals surface area contributed by atoms with Crippen LogP contribution in [0, 0.1) is 6.92 Å². The topological polar surface area (TPSA) is 75.6 Å². The maximum Gasteiger partial charge on any atom is 0.257 e. The normalized spacial score (nSPS) is 18.5. The van der Waals surface area contributed by atoms with Crippen LogP contribution in [0.1, 0.15) is 59.0 Å². The van der Waals surface area contributed by atoms with Gasteiger partial charge in [0.25, 0.3) is 5.91 Å². The Morgan fingerprint density at radius 3 is 2.65 bits per heavy atom. The predicted molar refractivity (Wildman–Crippen MR) is 117 cm³/mol. The first-order valence-corrected chi connectivity index (χ1v) is 11.1. The van der Waals surface area contributed by atoms with E-state index in [2.05, 4.69) is 9.97 Å². The molecule has 2 aromatic rings. The molecule has 7 heteroatoms. The zero-order valence-electron chi connectivity index (χ0n) is 18.3. The van der Waals surface area contributed by atoms with Crippen LogP contribution >= 0.6 is 0 Å². The quantitative estimate of drug-likeness (QED) is 0.715. The van der Waals surface area contributed by atoms with Crippen molar-refractivity contribution in [3.63, 3.8) is 0 Å². The first kappa shape index (κ1) is 21.3. The Morgan fingerprint density at radius 2 is 1.90 bits per heavy atom. The predicted octanol–water partition coefficient (Wildman–Crippen LogP) is 2.98. The highest BCUT2D eigenvalue weighted by Crippen LogP contribution is 2.27. The summed E-state index contributed by atoms with van der Waals surface area (Å²) in [4.78, 5) is 38.3. The van der Waals surface area contributed by atoms with Crippen LogP contribution in [-0.4, -0.2) is 64.9 Å². The number of hydrogen-bond acceptors (Lipinski definition) is 5. The Bertz CT molecular complexity index is 956.